The van der Waals surface area contributed by atoms with Crippen LogP contribution in [0.3, 0.4) is 0 Å². The van der Waals surface area contributed by atoms with Crippen LogP contribution >= 0.6 is 23.1 Å². The van der Waals surface area contributed by atoms with Gasteiger partial charge in [-0.3, -0.25) is 4.79 Å². The van der Waals surface area contributed by atoms with Crippen LogP contribution < -0.4 is 5.56 Å². The Morgan fingerprint density at radius 1 is 1.12 bits per heavy atom. The fraction of sp³-hybridized carbons (Fsp3) is 0.368. The van der Waals surface area contributed by atoms with Crippen molar-refractivity contribution < 1.29 is 0 Å². The molecule has 0 aliphatic rings. The number of H-pyrrole nitrogens is 1. The summed E-state index contributed by atoms with van der Waals surface area (Å²) in [6, 6.07) is 8.63. The molecular formula is C19H22N2OS2. The topological polar surface area (TPSA) is 45.8 Å². The third-order valence-electron chi connectivity index (χ3n) is 4.30. The summed E-state index contributed by atoms with van der Waals surface area (Å²) in [6.45, 7) is 10.5. The van der Waals surface area contributed by atoms with E-state index >= 15 is 0 Å². The Balaban J connectivity index is 1.88. The third-order valence-corrected chi connectivity index (χ3v) is 6.52. The maximum absolute atomic E-state index is 12.4. The van der Waals surface area contributed by atoms with E-state index in [0.29, 0.717) is 5.92 Å². The van der Waals surface area contributed by atoms with Crippen molar-refractivity contribution in [3.05, 3.63) is 56.4 Å². The number of benzene rings is 1. The molecule has 0 saturated heterocycles. The summed E-state index contributed by atoms with van der Waals surface area (Å²) in [5.41, 5.74) is 2.35. The molecule has 0 spiro atoms. The number of aryl methyl sites for hydroxylation is 2. The van der Waals surface area contributed by atoms with Crippen LogP contribution in [0.1, 0.15) is 53.8 Å². The second-order valence-corrected chi connectivity index (χ2v) is 9.02. The van der Waals surface area contributed by atoms with E-state index in [0.717, 1.165) is 26.5 Å². The van der Waals surface area contributed by atoms with Crippen LogP contribution in [0.2, 0.25) is 0 Å². The second kappa shape index (κ2) is 6.73. The van der Waals surface area contributed by atoms with E-state index in [1.807, 2.05) is 13.8 Å². The number of nitrogens with zero attached hydrogens (tertiary/aromatic N) is 1. The van der Waals surface area contributed by atoms with E-state index in [4.69, 9.17) is 4.98 Å². The number of rotatable bonds is 4. The number of fused-ring (bicyclic) bond motifs is 1. The molecule has 0 aliphatic heterocycles. The van der Waals surface area contributed by atoms with Crippen LogP contribution in [0.25, 0.3) is 10.2 Å². The van der Waals surface area contributed by atoms with E-state index in [-0.39, 0.29) is 10.8 Å². The monoisotopic (exact) mass is 358 g/mol. The zero-order chi connectivity index (χ0) is 17.4. The van der Waals surface area contributed by atoms with Crippen LogP contribution in [0, 0.1) is 13.8 Å². The molecule has 2 aromatic heterocycles. The van der Waals surface area contributed by atoms with Crippen LogP contribution in [-0.4, -0.2) is 9.97 Å². The van der Waals surface area contributed by atoms with Crippen molar-refractivity contribution in [2.75, 3.05) is 0 Å². The van der Waals surface area contributed by atoms with Gasteiger partial charge in [0.1, 0.15) is 10.7 Å². The largest absolute Gasteiger partial charge is 0.309 e. The number of nitrogens with one attached hydrogen (secondary N) is 1. The molecule has 3 rings (SSSR count). The Morgan fingerprint density at radius 3 is 2.42 bits per heavy atom. The van der Waals surface area contributed by atoms with Gasteiger partial charge in [0.25, 0.3) is 5.56 Å². The maximum atomic E-state index is 12.4. The molecule has 0 saturated carbocycles. The predicted molar refractivity (Wildman–Crippen MR) is 105 cm³/mol. The minimum absolute atomic E-state index is 0.0283. The fourth-order valence-electron chi connectivity index (χ4n) is 2.66. The first kappa shape index (κ1) is 17.2. The maximum Gasteiger partial charge on any atom is 0.259 e. The Morgan fingerprint density at radius 2 is 1.79 bits per heavy atom. The average Bonchev–Trinajstić information content (AvgIpc) is 2.82. The van der Waals surface area contributed by atoms with Crippen molar-refractivity contribution in [2.45, 2.75) is 50.7 Å². The van der Waals surface area contributed by atoms with Gasteiger partial charge >= 0.3 is 0 Å². The Bertz CT molecular complexity index is 923. The number of thioether (sulfide) groups is 1. The lowest BCUT2D eigenvalue weighted by Gasteiger charge is -2.12. The summed E-state index contributed by atoms with van der Waals surface area (Å²) < 4.78 is 0. The molecule has 3 nitrogen and oxygen atoms in total. The first-order valence-corrected chi connectivity index (χ1v) is 9.83. The first-order chi connectivity index (χ1) is 11.4. The highest BCUT2D eigenvalue weighted by Gasteiger charge is 2.16. The number of aromatic nitrogens is 2. The highest BCUT2D eigenvalue weighted by molar-refractivity contribution is 7.99. The molecule has 1 N–H and O–H groups in total. The van der Waals surface area contributed by atoms with Gasteiger partial charge in [-0.1, -0.05) is 26.0 Å². The van der Waals surface area contributed by atoms with Crippen LogP contribution in [0.15, 0.2) is 34.0 Å². The third kappa shape index (κ3) is 3.28. The molecule has 0 fully saturated rings. The van der Waals surface area contributed by atoms with Gasteiger partial charge in [0.2, 0.25) is 0 Å². The molecule has 2 heterocycles. The zero-order valence-electron chi connectivity index (χ0n) is 14.6. The standard InChI is InChI=1S/C19H22N2OS2/c1-10(2)14-6-8-15(9-7-14)23-13(5)17-20-18(22)16-11(3)12(4)24-19(16)21-17/h6-10,13H,1-5H3,(H,20,21,22). The molecule has 126 valence electrons. The van der Waals surface area contributed by atoms with Gasteiger partial charge in [0, 0.05) is 9.77 Å². The molecule has 24 heavy (non-hydrogen) atoms. The van der Waals surface area contributed by atoms with Crippen LogP contribution in [0.5, 0.6) is 0 Å². The lowest BCUT2D eigenvalue weighted by molar-refractivity contribution is 0.864. The molecule has 1 atom stereocenters. The average molecular weight is 359 g/mol. The van der Waals surface area contributed by atoms with Gasteiger partial charge in [-0.15, -0.1) is 23.1 Å². The van der Waals surface area contributed by atoms with E-state index in [9.17, 15) is 4.79 Å². The van der Waals surface area contributed by atoms with E-state index in [1.54, 1.807) is 23.1 Å². The molecule has 5 heteroatoms. The quantitative estimate of drug-likeness (QED) is 0.619. The number of thiophene rings is 1. The van der Waals surface area contributed by atoms with E-state index < -0.39 is 0 Å². The fourth-order valence-corrected chi connectivity index (χ4v) is 4.62. The zero-order valence-corrected chi connectivity index (χ0v) is 16.3. The van der Waals surface area contributed by atoms with Crippen molar-refractivity contribution in [3.63, 3.8) is 0 Å². The smallest absolute Gasteiger partial charge is 0.259 e. The van der Waals surface area contributed by atoms with Gasteiger partial charge in [0.05, 0.1) is 10.6 Å². The van der Waals surface area contributed by atoms with Crippen LogP contribution in [0.4, 0.5) is 0 Å². The second-order valence-electron chi connectivity index (χ2n) is 6.40. The minimum Gasteiger partial charge on any atom is -0.309 e. The Labute approximate surface area is 150 Å². The van der Waals surface area contributed by atoms with Gasteiger partial charge < -0.3 is 4.98 Å². The van der Waals surface area contributed by atoms with Crippen molar-refractivity contribution in [1.82, 2.24) is 9.97 Å². The predicted octanol–water partition coefficient (Wildman–Crippen LogP) is 5.58. The van der Waals surface area contributed by atoms with E-state index in [2.05, 4.69) is 50.0 Å². The van der Waals surface area contributed by atoms with Gasteiger partial charge in [-0.2, -0.15) is 0 Å². The van der Waals surface area contributed by atoms with E-state index in [1.165, 1.54) is 10.5 Å². The molecule has 0 aliphatic carbocycles. The van der Waals surface area contributed by atoms with Crippen molar-refractivity contribution in [2.24, 2.45) is 0 Å². The number of aromatic amines is 1. The van der Waals surface area contributed by atoms with Crippen LogP contribution in [-0.2, 0) is 0 Å². The molecule has 1 aromatic carbocycles. The summed E-state index contributed by atoms with van der Waals surface area (Å²) in [7, 11) is 0. The molecule has 1 unspecified atom stereocenters. The summed E-state index contributed by atoms with van der Waals surface area (Å²) >= 11 is 3.31. The Hall–Kier alpha value is -1.59. The van der Waals surface area contributed by atoms with Gasteiger partial charge in [0.15, 0.2) is 0 Å². The normalized spacial score (nSPS) is 12.9. The van der Waals surface area contributed by atoms with Crippen molar-refractivity contribution >= 4 is 33.3 Å². The van der Waals surface area contributed by atoms with Crippen molar-refractivity contribution in [3.8, 4) is 0 Å². The molecular weight excluding hydrogens is 336 g/mol. The molecule has 0 bridgehead atoms. The summed E-state index contributed by atoms with van der Waals surface area (Å²) in [5, 5.41) is 0.828. The van der Waals surface area contributed by atoms with Crippen molar-refractivity contribution in [1.29, 1.82) is 0 Å². The van der Waals surface area contributed by atoms with Gasteiger partial charge in [-0.05, 0) is 49.9 Å². The first-order valence-electron chi connectivity index (χ1n) is 8.13. The van der Waals surface area contributed by atoms with Gasteiger partial charge in [-0.25, -0.2) is 4.98 Å². The lowest BCUT2D eigenvalue weighted by Crippen LogP contribution is -2.12. The lowest BCUT2D eigenvalue weighted by atomic mass is 10.0. The summed E-state index contributed by atoms with van der Waals surface area (Å²) in [6.07, 6.45) is 0. The summed E-state index contributed by atoms with van der Waals surface area (Å²) in [4.78, 5) is 23.3. The molecule has 0 radical (unpaired) electrons. The highest BCUT2D eigenvalue weighted by atomic mass is 32.2. The summed E-state index contributed by atoms with van der Waals surface area (Å²) in [5.74, 6) is 1.28. The molecule has 3 aromatic rings. The highest BCUT2D eigenvalue weighted by Crippen LogP contribution is 2.35. The molecule has 0 amide bonds. The SMILES string of the molecule is Cc1sc2nc(C(C)Sc3ccc(C(C)C)cc3)[nH]c(=O)c2c1C. The minimum atomic E-state index is -0.0283. The number of hydrogen-bond acceptors (Lipinski definition) is 4. The Kier molecular flexibility index (Phi) is 4.83. The number of hydrogen-bond donors (Lipinski definition) is 1.